The number of pyridine rings is 1. The first-order valence-corrected chi connectivity index (χ1v) is 10.6. The molecule has 0 atom stereocenters. The van der Waals surface area contributed by atoms with E-state index < -0.39 is 0 Å². The van der Waals surface area contributed by atoms with Gasteiger partial charge in [0.1, 0.15) is 5.03 Å². The van der Waals surface area contributed by atoms with E-state index in [2.05, 4.69) is 15.4 Å². The summed E-state index contributed by atoms with van der Waals surface area (Å²) in [6.45, 7) is 0.388. The fraction of sp³-hybridized carbons (Fsp3) is 0.0435. The van der Waals surface area contributed by atoms with Crippen LogP contribution in [0.25, 0.3) is 5.69 Å². The van der Waals surface area contributed by atoms with Crippen LogP contribution in [0.3, 0.4) is 0 Å². The number of benzene rings is 2. The lowest BCUT2D eigenvalue weighted by Crippen LogP contribution is -2.23. The number of rotatable bonds is 6. The topological polar surface area (TPSA) is 76.9 Å². The second kappa shape index (κ2) is 9.59. The highest BCUT2D eigenvalue weighted by Gasteiger charge is 2.09. The van der Waals surface area contributed by atoms with E-state index in [4.69, 9.17) is 11.6 Å². The molecule has 1 amide bonds. The lowest BCUT2D eigenvalue weighted by atomic mass is 10.2. The highest BCUT2D eigenvalue weighted by atomic mass is 35.5. The molecule has 0 saturated carbocycles. The van der Waals surface area contributed by atoms with Gasteiger partial charge in [-0.25, -0.2) is 0 Å². The average molecular weight is 449 g/mol. The maximum Gasteiger partial charge on any atom is 0.271 e. The van der Waals surface area contributed by atoms with E-state index in [0.29, 0.717) is 27.8 Å². The number of aromatic nitrogens is 3. The summed E-state index contributed by atoms with van der Waals surface area (Å²) in [5, 5.41) is 8.61. The molecule has 2 aromatic carbocycles. The van der Waals surface area contributed by atoms with Crippen LogP contribution in [0.4, 0.5) is 0 Å². The number of carbonyl (C=O) groups is 1. The summed E-state index contributed by atoms with van der Waals surface area (Å²) in [7, 11) is 0. The molecule has 0 spiro atoms. The Hall–Kier alpha value is -3.42. The Morgan fingerprint density at radius 2 is 1.77 bits per heavy atom. The Labute approximate surface area is 187 Å². The van der Waals surface area contributed by atoms with Crippen molar-refractivity contribution in [2.75, 3.05) is 0 Å². The van der Waals surface area contributed by atoms with Gasteiger partial charge in [-0.05, 0) is 66.2 Å². The van der Waals surface area contributed by atoms with E-state index in [9.17, 15) is 9.59 Å². The second-order valence-corrected chi connectivity index (χ2v) is 8.10. The molecule has 0 bridgehead atoms. The van der Waals surface area contributed by atoms with Crippen LogP contribution in [0.5, 0.6) is 0 Å². The normalized spacial score (nSPS) is 10.6. The lowest BCUT2D eigenvalue weighted by Gasteiger charge is -2.09. The Morgan fingerprint density at radius 1 is 1.00 bits per heavy atom. The van der Waals surface area contributed by atoms with Gasteiger partial charge in [-0.15, -0.1) is 0 Å². The molecular weight excluding hydrogens is 432 g/mol. The van der Waals surface area contributed by atoms with Crippen LogP contribution < -0.4 is 10.9 Å². The maximum atomic E-state index is 12.4. The van der Waals surface area contributed by atoms with Crippen molar-refractivity contribution < 1.29 is 4.79 Å². The molecule has 0 saturated heterocycles. The van der Waals surface area contributed by atoms with Crippen molar-refractivity contribution in [1.29, 1.82) is 0 Å². The van der Waals surface area contributed by atoms with Crippen LogP contribution in [0, 0.1) is 0 Å². The van der Waals surface area contributed by atoms with Gasteiger partial charge in [0, 0.05) is 40.5 Å². The number of amides is 1. The zero-order valence-corrected chi connectivity index (χ0v) is 17.8. The molecule has 154 valence electrons. The van der Waals surface area contributed by atoms with Gasteiger partial charge in [-0.1, -0.05) is 29.4 Å². The first-order chi connectivity index (χ1) is 15.1. The molecule has 0 unspecified atom stereocenters. The zero-order chi connectivity index (χ0) is 21.6. The van der Waals surface area contributed by atoms with E-state index in [0.717, 1.165) is 10.5 Å². The van der Waals surface area contributed by atoms with E-state index in [1.165, 1.54) is 22.5 Å². The van der Waals surface area contributed by atoms with Crippen molar-refractivity contribution in [2.24, 2.45) is 0 Å². The van der Waals surface area contributed by atoms with Crippen LogP contribution in [0.15, 0.2) is 99.9 Å². The zero-order valence-electron chi connectivity index (χ0n) is 16.2. The Bertz CT molecular complexity index is 1240. The van der Waals surface area contributed by atoms with E-state index >= 15 is 0 Å². The third-order valence-electron chi connectivity index (χ3n) is 4.36. The molecule has 4 rings (SSSR count). The van der Waals surface area contributed by atoms with E-state index in [-0.39, 0.29) is 11.5 Å². The maximum absolute atomic E-state index is 12.4. The number of nitrogens with zero attached hydrogens (tertiary/aromatic N) is 3. The van der Waals surface area contributed by atoms with E-state index in [1.807, 2.05) is 24.3 Å². The third-order valence-corrected chi connectivity index (χ3v) is 5.55. The largest absolute Gasteiger partial charge is 0.348 e. The molecule has 2 heterocycles. The highest BCUT2D eigenvalue weighted by molar-refractivity contribution is 7.99. The predicted octanol–water partition coefficient (Wildman–Crippen LogP) is 4.36. The lowest BCUT2D eigenvalue weighted by molar-refractivity contribution is 0.0951. The smallest absolute Gasteiger partial charge is 0.271 e. The molecular formula is C23H17ClN4O2S. The quantitative estimate of drug-likeness (QED) is 0.474. The Balaban J connectivity index is 1.48. The molecule has 4 aromatic rings. The fourth-order valence-corrected chi connectivity index (χ4v) is 3.70. The minimum absolute atomic E-state index is 0.206. The molecule has 8 heteroatoms. The van der Waals surface area contributed by atoms with Crippen molar-refractivity contribution in [3.8, 4) is 5.69 Å². The van der Waals surface area contributed by atoms with Crippen molar-refractivity contribution in [3.63, 3.8) is 0 Å². The summed E-state index contributed by atoms with van der Waals surface area (Å²) in [6, 6.07) is 21.0. The Kier molecular flexibility index (Phi) is 6.45. The van der Waals surface area contributed by atoms with Crippen molar-refractivity contribution >= 4 is 29.3 Å². The number of nitrogens with one attached hydrogen (secondary N) is 1. The first kappa shape index (κ1) is 20.8. The summed E-state index contributed by atoms with van der Waals surface area (Å²) >= 11 is 7.35. The minimum Gasteiger partial charge on any atom is -0.348 e. The molecule has 6 nitrogen and oxygen atoms in total. The summed E-state index contributed by atoms with van der Waals surface area (Å²) in [5.41, 5.74) is 1.73. The molecule has 0 aliphatic carbocycles. The third kappa shape index (κ3) is 5.39. The van der Waals surface area contributed by atoms with Gasteiger partial charge in [0.05, 0.1) is 5.69 Å². The van der Waals surface area contributed by atoms with Crippen molar-refractivity contribution in [2.45, 2.75) is 16.5 Å². The Morgan fingerprint density at radius 3 is 2.48 bits per heavy atom. The molecule has 0 radical (unpaired) electrons. The fourth-order valence-electron chi connectivity index (χ4n) is 2.80. The minimum atomic E-state index is -0.255. The standard InChI is InChI=1S/C23H17ClN4O2S/c24-18-5-9-20(10-6-18)31-21-11-12-22(29)28(27-21)19-7-3-17(4-8-19)23(30)26-15-16-2-1-13-25-14-16/h1-14H,15H2,(H,26,30). The van der Waals surface area contributed by atoms with Crippen LogP contribution in [0.1, 0.15) is 15.9 Å². The molecule has 0 aliphatic heterocycles. The molecule has 2 aromatic heterocycles. The molecule has 1 N–H and O–H groups in total. The van der Waals surface area contributed by atoms with Crippen LogP contribution in [-0.4, -0.2) is 20.7 Å². The number of hydrogen-bond acceptors (Lipinski definition) is 5. The molecule has 31 heavy (non-hydrogen) atoms. The van der Waals surface area contributed by atoms with Gasteiger partial charge in [-0.2, -0.15) is 9.78 Å². The van der Waals surface area contributed by atoms with Gasteiger partial charge >= 0.3 is 0 Å². The monoisotopic (exact) mass is 448 g/mol. The summed E-state index contributed by atoms with van der Waals surface area (Å²) in [5.74, 6) is -0.206. The van der Waals surface area contributed by atoms with Gasteiger partial charge < -0.3 is 5.32 Å². The van der Waals surface area contributed by atoms with Gasteiger partial charge in [0.2, 0.25) is 0 Å². The van der Waals surface area contributed by atoms with Crippen molar-refractivity contribution in [3.05, 3.63) is 112 Å². The van der Waals surface area contributed by atoms with Crippen LogP contribution >= 0.6 is 23.4 Å². The second-order valence-electron chi connectivity index (χ2n) is 6.57. The predicted molar refractivity (Wildman–Crippen MR) is 121 cm³/mol. The number of carbonyl (C=O) groups excluding carboxylic acids is 1. The van der Waals surface area contributed by atoms with E-state index in [1.54, 1.807) is 54.9 Å². The van der Waals surface area contributed by atoms with Crippen LogP contribution in [-0.2, 0) is 6.54 Å². The van der Waals surface area contributed by atoms with Crippen molar-refractivity contribution in [1.82, 2.24) is 20.1 Å². The van der Waals surface area contributed by atoms with Gasteiger partial charge in [-0.3, -0.25) is 14.6 Å². The summed E-state index contributed by atoms with van der Waals surface area (Å²) in [6.07, 6.45) is 3.39. The summed E-state index contributed by atoms with van der Waals surface area (Å²) < 4.78 is 1.32. The van der Waals surface area contributed by atoms with Gasteiger partial charge in [0.15, 0.2) is 0 Å². The number of hydrogen-bond donors (Lipinski definition) is 1. The first-order valence-electron chi connectivity index (χ1n) is 9.40. The average Bonchev–Trinajstić information content (AvgIpc) is 2.81. The molecule has 0 aliphatic rings. The highest BCUT2D eigenvalue weighted by Crippen LogP contribution is 2.26. The summed E-state index contributed by atoms with van der Waals surface area (Å²) in [4.78, 5) is 29.7. The van der Waals surface area contributed by atoms with Gasteiger partial charge in [0.25, 0.3) is 11.5 Å². The SMILES string of the molecule is O=C(NCc1cccnc1)c1ccc(-n2nc(Sc3ccc(Cl)cc3)ccc2=O)cc1. The number of halogens is 1. The molecule has 0 fully saturated rings. The van der Waals surface area contributed by atoms with Crippen LogP contribution in [0.2, 0.25) is 5.02 Å².